The van der Waals surface area contributed by atoms with Crippen molar-refractivity contribution < 1.29 is 4.79 Å². The number of imidazole rings is 1. The first-order chi connectivity index (χ1) is 9.33. The quantitative estimate of drug-likeness (QED) is 0.824. The van der Waals surface area contributed by atoms with E-state index in [2.05, 4.69) is 15.3 Å². The molecule has 0 spiro atoms. The lowest BCUT2D eigenvalue weighted by Crippen LogP contribution is -2.47. The zero-order valence-electron chi connectivity index (χ0n) is 10.6. The number of para-hydroxylation sites is 2. The minimum absolute atomic E-state index is 0.187. The summed E-state index contributed by atoms with van der Waals surface area (Å²) in [5, 5.41) is 4.05. The lowest BCUT2D eigenvalue weighted by atomic mass is 10.3. The van der Waals surface area contributed by atoms with E-state index in [4.69, 9.17) is 0 Å². The Bertz CT molecular complexity index is 544. The fraction of sp³-hybridized carbons (Fsp3) is 0.385. The Morgan fingerprint density at radius 2 is 2.11 bits per heavy atom. The van der Waals surface area contributed by atoms with Crippen LogP contribution in [0.2, 0.25) is 0 Å². The number of H-pyrrole nitrogens is 1. The number of nitrogens with one attached hydrogen (secondary N) is 2. The van der Waals surface area contributed by atoms with Gasteiger partial charge >= 0.3 is 0 Å². The van der Waals surface area contributed by atoms with Crippen LogP contribution in [-0.2, 0) is 4.79 Å². The van der Waals surface area contributed by atoms with Gasteiger partial charge in [-0.2, -0.15) is 0 Å². The van der Waals surface area contributed by atoms with Crippen molar-refractivity contribution in [3.8, 4) is 0 Å². The molecule has 1 aliphatic rings. The highest BCUT2D eigenvalue weighted by Crippen LogP contribution is 2.19. The van der Waals surface area contributed by atoms with Crippen molar-refractivity contribution >= 4 is 28.7 Å². The average molecular weight is 276 g/mol. The average Bonchev–Trinajstić information content (AvgIpc) is 2.88. The molecule has 3 rings (SSSR count). The number of hydrogen-bond acceptors (Lipinski definition) is 4. The lowest BCUT2D eigenvalue weighted by Gasteiger charge is -2.27. The van der Waals surface area contributed by atoms with E-state index in [1.54, 1.807) is 0 Å². The second kappa shape index (κ2) is 5.63. The molecule has 0 atom stereocenters. The number of aromatic nitrogens is 2. The number of rotatable bonds is 3. The van der Waals surface area contributed by atoms with Crippen LogP contribution in [0.1, 0.15) is 0 Å². The molecule has 1 aliphatic heterocycles. The molecule has 0 saturated carbocycles. The van der Waals surface area contributed by atoms with Crippen LogP contribution in [0.4, 0.5) is 0 Å². The predicted molar refractivity (Wildman–Crippen MR) is 76.3 cm³/mol. The van der Waals surface area contributed by atoms with Gasteiger partial charge in [0.25, 0.3) is 0 Å². The van der Waals surface area contributed by atoms with Crippen LogP contribution in [-0.4, -0.2) is 52.7 Å². The summed E-state index contributed by atoms with van der Waals surface area (Å²) < 4.78 is 0. The van der Waals surface area contributed by atoms with Crippen LogP contribution in [0.25, 0.3) is 11.0 Å². The maximum Gasteiger partial charge on any atom is 0.233 e. The number of piperazine rings is 1. The SMILES string of the molecule is O=C(CSc1nc2ccccc2[nH]1)N1CCNCC1. The van der Waals surface area contributed by atoms with Gasteiger partial charge in [-0.15, -0.1) is 0 Å². The van der Waals surface area contributed by atoms with Crippen LogP contribution in [0.5, 0.6) is 0 Å². The summed E-state index contributed by atoms with van der Waals surface area (Å²) in [7, 11) is 0. The molecule has 5 nitrogen and oxygen atoms in total. The summed E-state index contributed by atoms with van der Waals surface area (Å²) in [6.07, 6.45) is 0. The Kier molecular flexibility index (Phi) is 3.70. The van der Waals surface area contributed by atoms with E-state index in [1.165, 1.54) is 11.8 Å². The van der Waals surface area contributed by atoms with Crippen LogP contribution in [0, 0.1) is 0 Å². The van der Waals surface area contributed by atoms with Gasteiger partial charge in [-0.3, -0.25) is 4.79 Å². The van der Waals surface area contributed by atoms with E-state index in [0.717, 1.165) is 42.4 Å². The molecular formula is C13H16N4OS. The molecule has 100 valence electrons. The summed E-state index contributed by atoms with van der Waals surface area (Å²) in [6, 6.07) is 7.89. The second-order valence-corrected chi connectivity index (χ2v) is 5.44. The van der Waals surface area contributed by atoms with E-state index in [0.29, 0.717) is 5.75 Å². The van der Waals surface area contributed by atoms with Crippen molar-refractivity contribution in [2.75, 3.05) is 31.9 Å². The van der Waals surface area contributed by atoms with Gasteiger partial charge in [-0.25, -0.2) is 4.98 Å². The number of aromatic amines is 1. The van der Waals surface area contributed by atoms with Crippen molar-refractivity contribution in [3.63, 3.8) is 0 Å². The monoisotopic (exact) mass is 276 g/mol. The highest BCUT2D eigenvalue weighted by atomic mass is 32.2. The van der Waals surface area contributed by atoms with Crippen LogP contribution >= 0.6 is 11.8 Å². The first-order valence-electron chi connectivity index (χ1n) is 6.39. The van der Waals surface area contributed by atoms with Gasteiger partial charge in [0.2, 0.25) is 5.91 Å². The largest absolute Gasteiger partial charge is 0.339 e. The van der Waals surface area contributed by atoms with E-state index in [9.17, 15) is 4.79 Å². The minimum atomic E-state index is 0.187. The number of benzene rings is 1. The molecule has 1 saturated heterocycles. The zero-order chi connectivity index (χ0) is 13.1. The molecule has 0 unspecified atom stereocenters. The number of nitrogens with zero attached hydrogens (tertiary/aromatic N) is 2. The number of hydrogen-bond donors (Lipinski definition) is 2. The third kappa shape index (κ3) is 2.90. The molecular weight excluding hydrogens is 260 g/mol. The number of fused-ring (bicyclic) bond motifs is 1. The number of carbonyl (C=O) groups is 1. The molecule has 0 radical (unpaired) electrons. The third-order valence-electron chi connectivity index (χ3n) is 3.17. The Balaban J connectivity index is 1.60. The van der Waals surface area contributed by atoms with Crippen LogP contribution in [0.3, 0.4) is 0 Å². The fourth-order valence-electron chi connectivity index (χ4n) is 2.13. The smallest absolute Gasteiger partial charge is 0.233 e. The number of amides is 1. The predicted octanol–water partition coefficient (Wildman–Crippen LogP) is 1.09. The van der Waals surface area contributed by atoms with Crippen molar-refractivity contribution in [3.05, 3.63) is 24.3 Å². The maximum absolute atomic E-state index is 12.0. The van der Waals surface area contributed by atoms with Gasteiger partial charge in [0.05, 0.1) is 16.8 Å². The molecule has 6 heteroatoms. The van der Waals surface area contributed by atoms with Crippen molar-refractivity contribution in [2.24, 2.45) is 0 Å². The molecule has 2 heterocycles. The van der Waals surface area contributed by atoms with Gasteiger partial charge in [0, 0.05) is 26.2 Å². The molecule has 2 aromatic rings. The Morgan fingerprint density at radius 1 is 1.32 bits per heavy atom. The summed E-state index contributed by atoms with van der Waals surface area (Å²) in [5.74, 6) is 0.631. The summed E-state index contributed by atoms with van der Waals surface area (Å²) in [4.78, 5) is 21.6. The van der Waals surface area contributed by atoms with E-state index >= 15 is 0 Å². The van der Waals surface area contributed by atoms with Gasteiger partial charge in [0.15, 0.2) is 5.16 Å². The van der Waals surface area contributed by atoms with E-state index in [-0.39, 0.29) is 5.91 Å². The first-order valence-corrected chi connectivity index (χ1v) is 7.37. The van der Waals surface area contributed by atoms with Crippen molar-refractivity contribution in [1.29, 1.82) is 0 Å². The molecule has 1 aromatic carbocycles. The molecule has 19 heavy (non-hydrogen) atoms. The highest BCUT2D eigenvalue weighted by molar-refractivity contribution is 7.99. The van der Waals surface area contributed by atoms with Gasteiger partial charge in [0.1, 0.15) is 0 Å². The summed E-state index contributed by atoms with van der Waals surface area (Å²) >= 11 is 1.47. The van der Waals surface area contributed by atoms with E-state index in [1.807, 2.05) is 29.2 Å². The Hall–Kier alpha value is -1.53. The first kappa shape index (κ1) is 12.5. The lowest BCUT2D eigenvalue weighted by molar-refractivity contribution is -0.128. The Labute approximate surface area is 115 Å². The standard InChI is InChI=1S/C13H16N4OS/c18-12(17-7-5-14-6-8-17)9-19-13-15-10-3-1-2-4-11(10)16-13/h1-4,14H,5-9H2,(H,15,16). The van der Waals surface area contributed by atoms with Crippen LogP contribution < -0.4 is 5.32 Å². The second-order valence-electron chi connectivity index (χ2n) is 4.48. The molecule has 0 aliphatic carbocycles. The van der Waals surface area contributed by atoms with Gasteiger partial charge in [-0.1, -0.05) is 23.9 Å². The van der Waals surface area contributed by atoms with Crippen molar-refractivity contribution in [2.45, 2.75) is 5.16 Å². The molecule has 2 N–H and O–H groups in total. The number of carbonyl (C=O) groups excluding carboxylic acids is 1. The molecule has 1 fully saturated rings. The van der Waals surface area contributed by atoms with Crippen LogP contribution in [0.15, 0.2) is 29.4 Å². The van der Waals surface area contributed by atoms with E-state index < -0.39 is 0 Å². The molecule has 1 aromatic heterocycles. The molecule has 1 amide bonds. The maximum atomic E-state index is 12.0. The zero-order valence-corrected chi connectivity index (χ0v) is 11.4. The fourth-order valence-corrected chi connectivity index (χ4v) is 2.92. The Morgan fingerprint density at radius 3 is 2.89 bits per heavy atom. The number of thioether (sulfide) groups is 1. The minimum Gasteiger partial charge on any atom is -0.339 e. The highest BCUT2D eigenvalue weighted by Gasteiger charge is 2.16. The molecule has 0 bridgehead atoms. The normalized spacial score (nSPS) is 15.9. The third-order valence-corrected chi connectivity index (χ3v) is 4.03. The van der Waals surface area contributed by atoms with Gasteiger partial charge in [-0.05, 0) is 12.1 Å². The van der Waals surface area contributed by atoms with Gasteiger partial charge < -0.3 is 15.2 Å². The topological polar surface area (TPSA) is 61.0 Å². The summed E-state index contributed by atoms with van der Waals surface area (Å²) in [5.41, 5.74) is 1.96. The summed E-state index contributed by atoms with van der Waals surface area (Å²) in [6.45, 7) is 3.39. The van der Waals surface area contributed by atoms with Crippen molar-refractivity contribution in [1.82, 2.24) is 20.2 Å².